The molecule has 3 rings (SSSR count). The van der Waals surface area contributed by atoms with Gasteiger partial charge in [0.25, 0.3) is 5.91 Å². The van der Waals surface area contributed by atoms with Crippen LogP contribution < -0.4 is 14.8 Å². The minimum absolute atomic E-state index is 0.00403. The van der Waals surface area contributed by atoms with Gasteiger partial charge in [0.15, 0.2) is 0 Å². The van der Waals surface area contributed by atoms with Crippen molar-refractivity contribution < 1.29 is 19.1 Å². The summed E-state index contributed by atoms with van der Waals surface area (Å²) >= 11 is 0. The normalized spacial score (nSPS) is 20.4. The third kappa shape index (κ3) is 3.09. The van der Waals surface area contributed by atoms with Crippen LogP contribution >= 0.6 is 0 Å². The molecule has 1 aromatic rings. The lowest BCUT2D eigenvalue weighted by molar-refractivity contribution is -0.124. The highest BCUT2D eigenvalue weighted by atomic mass is 16.5. The van der Waals surface area contributed by atoms with Gasteiger partial charge in [-0.3, -0.25) is 9.69 Å². The van der Waals surface area contributed by atoms with Gasteiger partial charge in [-0.25, -0.2) is 4.79 Å². The number of nitrogens with zero attached hydrogens (tertiary/aromatic N) is 1. The van der Waals surface area contributed by atoms with E-state index in [1.165, 1.54) is 11.3 Å². The summed E-state index contributed by atoms with van der Waals surface area (Å²) in [6.45, 7) is 0. The monoisotopic (exact) mass is 330 g/mol. The molecule has 128 valence electrons. The number of ether oxygens (including phenoxy) is 2. The Labute approximate surface area is 141 Å². The number of carbonyl (C=O) groups is 2. The maximum absolute atomic E-state index is 12.7. The summed E-state index contributed by atoms with van der Waals surface area (Å²) < 4.78 is 10.5. The lowest BCUT2D eigenvalue weighted by Gasteiger charge is -2.28. The molecule has 0 spiro atoms. The third-order valence-corrected chi connectivity index (χ3v) is 4.59. The van der Waals surface area contributed by atoms with E-state index in [9.17, 15) is 9.59 Å². The number of nitrogens with one attached hydrogen (secondary N) is 1. The number of benzene rings is 1. The molecule has 1 heterocycles. The number of imide groups is 1. The molecule has 2 aliphatic rings. The molecule has 0 aromatic heterocycles. The fraction of sp³-hybridized carbons (Fsp3) is 0.444. The van der Waals surface area contributed by atoms with Crippen LogP contribution in [0.2, 0.25) is 0 Å². The maximum Gasteiger partial charge on any atom is 0.329 e. The summed E-state index contributed by atoms with van der Waals surface area (Å²) in [7, 11) is 3.14. The summed E-state index contributed by atoms with van der Waals surface area (Å²) in [5, 5.41) is 2.69. The van der Waals surface area contributed by atoms with Gasteiger partial charge in [-0.15, -0.1) is 0 Å². The Bertz CT molecular complexity index is 678. The Morgan fingerprint density at radius 3 is 2.54 bits per heavy atom. The van der Waals surface area contributed by atoms with Crippen molar-refractivity contribution in [2.24, 2.45) is 0 Å². The Hall–Kier alpha value is -2.50. The van der Waals surface area contributed by atoms with Crippen LogP contribution in [0, 0.1) is 0 Å². The van der Waals surface area contributed by atoms with E-state index in [0.29, 0.717) is 17.1 Å². The highest BCUT2D eigenvalue weighted by Gasteiger charge is 2.39. The minimum Gasteiger partial charge on any atom is -0.497 e. The number of hydrogen-bond acceptors (Lipinski definition) is 4. The second kappa shape index (κ2) is 6.95. The molecule has 1 aliphatic carbocycles. The van der Waals surface area contributed by atoms with Gasteiger partial charge in [0.2, 0.25) is 0 Å². The summed E-state index contributed by atoms with van der Waals surface area (Å²) in [5.41, 5.74) is 0.961. The van der Waals surface area contributed by atoms with Crippen LogP contribution in [0.4, 0.5) is 4.79 Å². The molecule has 1 aromatic carbocycles. The molecule has 0 unspecified atom stereocenters. The van der Waals surface area contributed by atoms with E-state index in [0.717, 1.165) is 25.7 Å². The largest absolute Gasteiger partial charge is 0.497 e. The van der Waals surface area contributed by atoms with Gasteiger partial charge in [-0.1, -0.05) is 19.3 Å². The molecule has 3 amide bonds. The molecular weight excluding hydrogens is 308 g/mol. The zero-order valence-corrected chi connectivity index (χ0v) is 14.0. The minimum atomic E-state index is -0.333. The number of methoxy groups -OCH3 is 2. The van der Waals surface area contributed by atoms with Gasteiger partial charge in [0.1, 0.15) is 17.2 Å². The SMILES string of the molecule is COc1ccc(OC)c(/C=C2\NC(=O)N(C3CCCCC3)C2=O)c1. The zero-order valence-electron chi connectivity index (χ0n) is 14.0. The number of carbonyl (C=O) groups excluding carboxylic acids is 2. The first-order chi connectivity index (χ1) is 11.6. The van der Waals surface area contributed by atoms with Crippen molar-refractivity contribution in [2.75, 3.05) is 14.2 Å². The summed E-state index contributed by atoms with van der Waals surface area (Å²) in [4.78, 5) is 26.3. The first kappa shape index (κ1) is 16.4. The van der Waals surface area contributed by atoms with Gasteiger partial charge >= 0.3 is 6.03 Å². The first-order valence-electron chi connectivity index (χ1n) is 8.22. The van der Waals surface area contributed by atoms with Crippen molar-refractivity contribution in [1.82, 2.24) is 10.2 Å². The molecule has 1 saturated carbocycles. The van der Waals surface area contributed by atoms with E-state index in [1.54, 1.807) is 38.5 Å². The lowest BCUT2D eigenvalue weighted by Crippen LogP contribution is -2.41. The highest BCUT2D eigenvalue weighted by molar-refractivity contribution is 6.14. The topological polar surface area (TPSA) is 67.9 Å². The Kier molecular flexibility index (Phi) is 4.74. The first-order valence-corrected chi connectivity index (χ1v) is 8.22. The van der Waals surface area contributed by atoms with Crippen LogP contribution in [0.3, 0.4) is 0 Å². The van der Waals surface area contributed by atoms with Crippen molar-refractivity contribution >= 4 is 18.0 Å². The number of urea groups is 1. The van der Waals surface area contributed by atoms with Gasteiger partial charge in [0.05, 0.1) is 14.2 Å². The van der Waals surface area contributed by atoms with Crippen molar-refractivity contribution in [3.8, 4) is 11.5 Å². The summed E-state index contributed by atoms with van der Waals surface area (Å²) in [6.07, 6.45) is 6.70. The van der Waals surface area contributed by atoms with Crippen LogP contribution in [0.15, 0.2) is 23.9 Å². The molecule has 1 aliphatic heterocycles. The highest BCUT2D eigenvalue weighted by Crippen LogP contribution is 2.29. The maximum atomic E-state index is 12.7. The molecule has 24 heavy (non-hydrogen) atoms. The van der Waals surface area contributed by atoms with Gasteiger partial charge in [0, 0.05) is 11.6 Å². The zero-order chi connectivity index (χ0) is 17.1. The van der Waals surface area contributed by atoms with E-state index >= 15 is 0 Å². The van der Waals surface area contributed by atoms with Crippen LogP contribution in [0.25, 0.3) is 6.08 Å². The van der Waals surface area contributed by atoms with E-state index in [2.05, 4.69) is 5.32 Å². The smallest absolute Gasteiger partial charge is 0.329 e. The fourth-order valence-corrected chi connectivity index (χ4v) is 3.33. The summed E-state index contributed by atoms with van der Waals surface area (Å²) in [5.74, 6) is 1.00. The van der Waals surface area contributed by atoms with E-state index in [-0.39, 0.29) is 23.7 Å². The second-order valence-electron chi connectivity index (χ2n) is 6.06. The molecule has 2 fully saturated rings. The average molecular weight is 330 g/mol. The molecule has 0 atom stereocenters. The van der Waals surface area contributed by atoms with E-state index in [1.807, 2.05) is 0 Å². The second-order valence-corrected chi connectivity index (χ2v) is 6.06. The van der Waals surface area contributed by atoms with Crippen LogP contribution in [-0.4, -0.2) is 37.1 Å². The van der Waals surface area contributed by atoms with Gasteiger partial charge < -0.3 is 14.8 Å². The number of hydrogen-bond donors (Lipinski definition) is 1. The van der Waals surface area contributed by atoms with Crippen molar-refractivity contribution in [3.05, 3.63) is 29.5 Å². The third-order valence-electron chi connectivity index (χ3n) is 4.59. The van der Waals surface area contributed by atoms with E-state index < -0.39 is 0 Å². The molecular formula is C18H22N2O4. The fourth-order valence-electron chi connectivity index (χ4n) is 3.33. The summed E-state index contributed by atoms with van der Waals surface area (Å²) in [6, 6.07) is 4.99. The average Bonchev–Trinajstić information content (AvgIpc) is 2.89. The van der Waals surface area contributed by atoms with Crippen molar-refractivity contribution in [2.45, 2.75) is 38.1 Å². The van der Waals surface area contributed by atoms with Crippen LogP contribution in [-0.2, 0) is 4.79 Å². The Morgan fingerprint density at radius 1 is 1.12 bits per heavy atom. The molecule has 6 heteroatoms. The Balaban J connectivity index is 1.88. The molecule has 0 radical (unpaired) electrons. The predicted octanol–water partition coefficient (Wildman–Crippen LogP) is 2.93. The molecule has 1 saturated heterocycles. The lowest BCUT2D eigenvalue weighted by atomic mass is 9.94. The van der Waals surface area contributed by atoms with Crippen molar-refractivity contribution in [1.29, 1.82) is 0 Å². The van der Waals surface area contributed by atoms with Crippen molar-refractivity contribution in [3.63, 3.8) is 0 Å². The van der Waals surface area contributed by atoms with Crippen LogP contribution in [0.5, 0.6) is 11.5 Å². The van der Waals surface area contributed by atoms with Crippen LogP contribution in [0.1, 0.15) is 37.7 Å². The molecule has 1 N–H and O–H groups in total. The molecule has 6 nitrogen and oxygen atoms in total. The standard InChI is InChI=1S/C18H22N2O4/c1-23-14-8-9-16(24-2)12(10-14)11-15-17(21)20(18(22)19-15)13-6-4-3-5-7-13/h8-11,13H,3-7H2,1-2H3,(H,19,22)/b15-11-. The predicted molar refractivity (Wildman–Crippen MR) is 89.8 cm³/mol. The Morgan fingerprint density at radius 2 is 1.88 bits per heavy atom. The van der Waals surface area contributed by atoms with E-state index in [4.69, 9.17) is 9.47 Å². The quantitative estimate of drug-likeness (QED) is 0.681. The number of rotatable bonds is 4. The number of amides is 3. The van der Waals surface area contributed by atoms with Gasteiger partial charge in [-0.05, 0) is 37.1 Å². The molecule has 0 bridgehead atoms. The van der Waals surface area contributed by atoms with Gasteiger partial charge in [-0.2, -0.15) is 0 Å².